The Morgan fingerprint density at radius 3 is 2.04 bits per heavy atom. The fourth-order valence-electron chi connectivity index (χ4n) is 2.09. The zero-order valence-corrected chi connectivity index (χ0v) is 16.0. The molecule has 0 spiro atoms. The van der Waals surface area contributed by atoms with Crippen molar-refractivity contribution >= 4 is 35.1 Å². The van der Waals surface area contributed by atoms with Gasteiger partial charge in [0.25, 0.3) is 5.91 Å². The summed E-state index contributed by atoms with van der Waals surface area (Å²) < 4.78 is 4.87. The van der Waals surface area contributed by atoms with Gasteiger partial charge in [-0.1, -0.05) is 5.57 Å². The van der Waals surface area contributed by atoms with E-state index in [1.165, 1.54) is 17.9 Å². The molecule has 27 heavy (non-hydrogen) atoms. The number of rotatable bonds is 8. The van der Waals surface area contributed by atoms with Gasteiger partial charge in [-0.25, -0.2) is 4.79 Å². The van der Waals surface area contributed by atoms with Crippen LogP contribution in [0, 0.1) is 0 Å². The Balaban J connectivity index is 2.54. The monoisotopic (exact) mass is 375 g/mol. The number of carbonyl (C=O) groups is 4. The third-order valence-electron chi connectivity index (χ3n) is 3.30. The molecule has 0 aliphatic heterocycles. The highest BCUT2D eigenvalue weighted by molar-refractivity contribution is 5.95. The number of amides is 3. The van der Waals surface area contributed by atoms with E-state index in [9.17, 15) is 19.2 Å². The van der Waals surface area contributed by atoms with Gasteiger partial charge in [-0.2, -0.15) is 0 Å². The van der Waals surface area contributed by atoms with Gasteiger partial charge >= 0.3 is 5.97 Å². The van der Waals surface area contributed by atoms with Gasteiger partial charge in [0.2, 0.25) is 11.8 Å². The van der Waals surface area contributed by atoms with E-state index in [0.29, 0.717) is 17.9 Å². The van der Waals surface area contributed by atoms with Crippen molar-refractivity contribution in [2.24, 2.45) is 0 Å². The van der Waals surface area contributed by atoms with E-state index in [0.717, 1.165) is 5.57 Å². The first-order valence-corrected chi connectivity index (χ1v) is 8.48. The van der Waals surface area contributed by atoms with Crippen molar-refractivity contribution in [2.75, 3.05) is 30.3 Å². The number of ether oxygens (including phenoxy) is 1. The standard InChI is InChI=1S/C19H25N3O5/c1-5-22(18(25)12-27-19(26)10-13(2)3)11-17(24)21-16-8-6-15(7-9-16)20-14(4)23/h6-10H,5,11-12H2,1-4H3,(H,20,23)(H,21,24). The number of hydrogen-bond donors (Lipinski definition) is 2. The molecule has 0 aliphatic carbocycles. The van der Waals surface area contributed by atoms with Crippen LogP contribution < -0.4 is 10.6 Å². The first-order valence-electron chi connectivity index (χ1n) is 8.48. The zero-order valence-electron chi connectivity index (χ0n) is 16.0. The van der Waals surface area contributed by atoms with Crippen LogP contribution in [0.25, 0.3) is 0 Å². The normalized spacial score (nSPS) is 9.78. The SMILES string of the molecule is CCN(CC(=O)Nc1ccc(NC(C)=O)cc1)C(=O)COC(=O)C=C(C)C. The number of likely N-dealkylation sites (N-methyl/N-ethyl adjacent to an activating group) is 1. The van der Waals surface area contributed by atoms with E-state index in [-0.39, 0.29) is 18.4 Å². The van der Waals surface area contributed by atoms with Gasteiger partial charge in [0, 0.05) is 30.9 Å². The Bertz CT molecular complexity index is 721. The molecule has 8 heteroatoms. The van der Waals surface area contributed by atoms with Crippen LogP contribution >= 0.6 is 0 Å². The van der Waals surface area contributed by atoms with Crippen LogP contribution in [0.3, 0.4) is 0 Å². The summed E-state index contributed by atoms with van der Waals surface area (Å²) >= 11 is 0. The molecule has 2 N–H and O–H groups in total. The van der Waals surface area contributed by atoms with Crippen molar-refractivity contribution < 1.29 is 23.9 Å². The summed E-state index contributed by atoms with van der Waals surface area (Å²) in [5.41, 5.74) is 1.92. The summed E-state index contributed by atoms with van der Waals surface area (Å²) in [5, 5.41) is 5.30. The van der Waals surface area contributed by atoms with E-state index >= 15 is 0 Å². The highest BCUT2D eigenvalue weighted by atomic mass is 16.5. The molecule has 3 amide bonds. The highest BCUT2D eigenvalue weighted by Crippen LogP contribution is 2.13. The topological polar surface area (TPSA) is 105 Å². The number of allylic oxidation sites excluding steroid dienone is 1. The molecule has 0 atom stereocenters. The van der Waals surface area contributed by atoms with E-state index < -0.39 is 18.5 Å². The molecular formula is C19H25N3O5. The Labute approximate surface area is 158 Å². The zero-order chi connectivity index (χ0) is 20.4. The average Bonchev–Trinajstić information content (AvgIpc) is 2.58. The highest BCUT2D eigenvalue weighted by Gasteiger charge is 2.17. The second-order valence-electron chi connectivity index (χ2n) is 6.04. The van der Waals surface area contributed by atoms with Gasteiger partial charge in [-0.05, 0) is 45.0 Å². The van der Waals surface area contributed by atoms with Crippen molar-refractivity contribution in [2.45, 2.75) is 27.7 Å². The van der Waals surface area contributed by atoms with E-state index in [2.05, 4.69) is 10.6 Å². The van der Waals surface area contributed by atoms with Crippen LogP contribution in [0.5, 0.6) is 0 Å². The molecule has 0 radical (unpaired) electrons. The molecule has 1 aromatic rings. The molecule has 0 fully saturated rings. The molecule has 1 aromatic carbocycles. The number of hydrogen-bond acceptors (Lipinski definition) is 5. The molecule has 0 heterocycles. The predicted octanol–water partition coefficient (Wildman–Crippen LogP) is 1.94. The molecule has 146 valence electrons. The van der Waals surface area contributed by atoms with Gasteiger partial charge < -0.3 is 20.3 Å². The molecule has 0 unspecified atom stereocenters. The summed E-state index contributed by atoms with van der Waals surface area (Å²) in [6.07, 6.45) is 1.29. The lowest BCUT2D eigenvalue weighted by molar-refractivity contribution is -0.148. The maximum absolute atomic E-state index is 12.1. The lowest BCUT2D eigenvalue weighted by Gasteiger charge is -2.20. The molecule has 0 saturated heterocycles. The van der Waals surface area contributed by atoms with E-state index in [1.807, 2.05) is 0 Å². The quantitative estimate of drug-likeness (QED) is 0.534. The third-order valence-corrected chi connectivity index (χ3v) is 3.30. The predicted molar refractivity (Wildman–Crippen MR) is 102 cm³/mol. The Hall–Kier alpha value is -3.16. The largest absolute Gasteiger partial charge is 0.452 e. The molecule has 0 aromatic heterocycles. The van der Waals surface area contributed by atoms with Crippen LogP contribution in [-0.2, 0) is 23.9 Å². The number of benzene rings is 1. The Kier molecular flexibility index (Phi) is 8.71. The van der Waals surface area contributed by atoms with E-state index in [1.54, 1.807) is 45.0 Å². The first-order chi connectivity index (χ1) is 12.7. The minimum Gasteiger partial charge on any atom is -0.452 e. The lowest BCUT2D eigenvalue weighted by atomic mass is 10.2. The van der Waals surface area contributed by atoms with Crippen LogP contribution in [0.1, 0.15) is 27.7 Å². The summed E-state index contributed by atoms with van der Waals surface area (Å²) in [6, 6.07) is 6.59. The fraction of sp³-hybridized carbons (Fsp3) is 0.368. The summed E-state index contributed by atoms with van der Waals surface area (Å²) in [4.78, 5) is 48.0. The van der Waals surface area contributed by atoms with Crippen LogP contribution in [-0.4, -0.2) is 48.3 Å². The number of nitrogens with zero attached hydrogens (tertiary/aromatic N) is 1. The average molecular weight is 375 g/mol. The minimum atomic E-state index is -0.594. The van der Waals surface area contributed by atoms with Gasteiger partial charge in [0.05, 0.1) is 6.54 Å². The summed E-state index contributed by atoms with van der Waals surface area (Å²) in [7, 11) is 0. The van der Waals surface area contributed by atoms with Crippen molar-refractivity contribution in [3.05, 3.63) is 35.9 Å². The van der Waals surface area contributed by atoms with E-state index in [4.69, 9.17) is 4.74 Å². The smallest absolute Gasteiger partial charge is 0.331 e. The minimum absolute atomic E-state index is 0.164. The second kappa shape index (κ2) is 10.7. The van der Waals surface area contributed by atoms with Crippen LogP contribution in [0.2, 0.25) is 0 Å². The molecule has 0 bridgehead atoms. The van der Waals surface area contributed by atoms with Crippen molar-refractivity contribution in [1.82, 2.24) is 4.90 Å². The second-order valence-corrected chi connectivity index (χ2v) is 6.04. The van der Waals surface area contributed by atoms with Gasteiger partial charge in [-0.3, -0.25) is 14.4 Å². The van der Waals surface area contributed by atoms with Crippen LogP contribution in [0.15, 0.2) is 35.9 Å². The number of anilines is 2. The lowest BCUT2D eigenvalue weighted by Crippen LogP contribution is -2.40. The maximum Gasteiger partial charge on any atom is 0.331 e. The summed E-state index contributed by atoms with van der Waals surface area (Å²) in [5.74, 6) is -1.62. The fourth-order valence-corrected chi connectivity index (χ4v) is 2.09. The summed E-state index contributed by atoms with van der Waals surface area (Å²) in [6.45, 7) is 6.34. The van der Waals surface area contributed by atoms with Crippen molar-refractivity contribution in [3.63, 3.8) is 0 Å². The third kappa shape index (κ3) is 8.66. The van der Waals surface area contributed by atoms with Gasteiger partial charge in [0.1, 0.15) is 0 Å². The number of nitrogens with one attached hydrogen (secondary N) is 2. The molecule has 1 rings (SSSR count). The molecule has 0 aliphatic rings. The van der Waals surface area contributed by atoms with Crippen molar-refractivity contribution in [3.8, 4) is 0 Å². The van der Waals surface area contributed by atoms with Crippen molar-refractivity contribution in [1.29, 1.82) is 0 Å². The number of carbonyl (C=O) groups excluding carboxylic acids is 4. The first kappa shape index (κ1) is 21.9. The Morgan fingerprint density at radius 1 is 1.00 bits per heavy atom. The molecule has 0 saturated carbocycles. The van der Waals surface area contributed by atoms with Gasteiger partial charge in [-0.15, -0.1) is 0 Å². The number of esters is 1. The Morgan fingerprint density at radius 2 is 1.56 bits per heavy atom. The van der Waals surface area contributed by atoms with Gasteiger partial charge in [0.15, 0.2) is 6.61 Å². The van der Waals surface area contributed by atoms with Crippen LogP contribution in [0.4, 0.5) is 11.4 Å². The maximum atomic E-state index is 12.1. The molecular weight excluding hydrogens is 350 g/mol. The molecule has 8 nitrogen and oxygen atoms in total.